The lowest BCUT2D eigenvalue weighted by Gasteiger charge is -2.02. The molecule has 1 heterocycles. The van der Waals surface area contributed by atoms with Gasteiger partial charge < -0.3 is 11.5 Å². The molecule has 17 heavy (non-hydrogen) atoms. The second-order valence-electron chi connectivity index (χ2n) is 3.16. The normalized spacial score (nSPS) is 14.2. The van der Waals surface area contributed by atoms with Crippen molar-refractivity contribution in [3.63, 3.8) is 0 Å². The molecule has 0 fully saturated rings. The van der Waals surface area contributed by atoms with Crippen molar-refractivity contribution in [1.29, 1.82) is 0 Å². The van der Waals surface area contributed by atoms with Gasteiger partial charge in [0.1, 0.15) is 0 Å². The second kappa shape index (κ2) is 6.22. The first-order chi connectivity index (χ1) is 7.90. The molecule has 1 aromatic heterocycles. The van der Waals surface area contributed by atoms with Crippen molar-refractivity contribution >= 4 is 46.7 Å². The van der Waals surface area contributed by atoms with Crippen LogP contribution in [0.15, 0.2) is 8.68 Å². The maximum atomic E-state index is 10.9. The lowest BCUT2D eigenvalue weighted by atomic mass is 10.5. The first-order valence-corrected chi connectivity index (χ1v) is 7.23. The minimum absolute atomic E-state index is 0.352. The van der Waals surface area contributed by atoms with Gasteiger partial charge in [0.15, 0.2) is 8.68 Å². The monoisotopic (exact) mass is 292 g/mol. The topological polar surface area (TPSA) is 112 Å². The smallest absolute Gasteiger partial charge is 0.230 e. The standard InChI is InChI=1S/C8H12N4O2S3/c1-3(5(9)13)15-7-11-12-8(17-7)16-4(2)6(10)14/h3-4H,1-2H3,(H2,9,13)(H2,10,14). The van der Waals surface area contributed by atoms with Gasteiger partial charge in [0, 0.05) is 0 Å². The predicted molar refractivity (Wildman–Crippen MR) is 68.9 cm³/mol. The van der Waals surface area contributed by atoms with Gasteiger partial charge in [0.25, 0.3) is 0 Å². The molecule has 2 atom stereocenters. The highest BCUT2D eigenvalue weighted by Gasteiger charge is 2.17. The summed E-state index contributed by atoms with van der Waals surface area (Å²) in [4.78, 5) is 21.7. The van der Waals surface area contributed by atoms with Crippen molar-refractivity contribution in [2.45, 2.75) is 33.0 Å². The first kappa shape index (κ1) is 14.3. The number of primary amides is 2. The van der Waals surface area contributed by atoms with E-state index in [1.54, 1.807) is 13.8 Å². The molecule has 0 bridgehead atoms. The van der Waals surface area contributed by atoms with E-state index in [4.69, 9.17) is 11.5 Å². The molecule has 0 aliphatic heterocycles. The van der Waals surface area contributed by atoms with E-state index >= 15 is 0 Å². The van der Waals surface area contributed by atoms with E-state index in [1.807, 2.05) is 0 Å². The number of carbonyl (C=O) groups excluding carboxylic acids is 2. The highest BCUT2D eigenvalue weighted by molar-refractivity contribution is 8.04. The molecular formula is C8H12N4O2S3. The Morgan fingerprint density at radius 2 is 1.41 bits per heavy atom. The summed E-state index contributed by atoms with van der Waals surface area (Å²) in [5.74, 6) is -0.796. The lowest BCUT2D eigenvalue weighted by Crippen LogP contribution is -2.22. The van der Waals surface area contributed by atoms with Crippen LogP contribution in [0.1, 0.15) is 13.8 Å². The number of rotatable bonds is 6. The van der Waals surface area contributed by atoms with Gasteiger partial charge in [0.2, 0.25) is 11.8 Å². The van der Waals surface area contributed by atoms with Crippen LogP contribution in [0.25, 0.3) is 0 Å². The Bertz CT molecular complexity index is 386. The number of nitrogens with two attached hydrogens (primary N) is 2. The zero-order valence-electron chi connectivity index (χ0n) is 9.25. The van der Waals surface area contributed by atoms with Gasteiger partial charge in [-0.05, 0) is 13.8 Å². The molecule has 1 aromatic rings. The van der Waals surface area contributed by atoms with E-state index in [2.05, 4.69) is 10.2 Å². The number of hydrogen-bond acceptors (Lipinski definition) is 7. The third-order valence-corrected chi connectivity index (χ3v) is 5.07. The Morgan fingerprint density at radius 1 is 1.06 bits per heavy atom. The minimum Gasteiger partial charge on any atom is -0.369 e. The van der Waals surface area contributed by atoms with Crippen LogP contribution in [0.3, 0.4) is 0 Å². The number of thioether (sulfide) groups is 2. The highest BCUT2D eigenvalue weighted by Crippen LogP contribution is 2.32. The van der Waals surface area contributed by atoms with Crippen molar-refractivity contribution in [3.8, 4) is 0 Å². The Hall–Kier alpha value is -0.800. The van der Waals surface area contributed by atoms with Crippen molar-refractivity contribution in [3.05, 3.63) is 0 Å². The van der Waals surface area contributed by atoms with Gasteiger partial charge in [0.05, 0.1) is 10.5 Å². The molecule has 2 amide bonds. The summed E-state index contributed by atoms with van der Waals surface area (Å²) in [5.41, 5.74) is 10.3. The summed E-state index contributed by atoms with van der Waals surface area (Å²) in [6, 6.07) is 0. The number of amides is 2. The Balaban J connectivity index is 2.59. The molecule has 0 aliphatic carbocycles. The van der Waals surface area contributed by atoms with E-state index in [-0.39, 0.29) is 10.5 Å². The van der Waals surface area contributed by atoms with E-state index < -0.39 is 11.8 Å². The molecule has 0 radical (unpaired) electrons. The van der Waals surface area contributed by atoms with Gasteiger partial charge in [-0.25, -0.2) is 0 Å². The van der Waals surface area contributed by atoms with E-state index in [1.165, 1.54) is 34.9 Å². The third kappa shape index (κ3) is 4.52. The van der Waals surface area contributed by atoms with Crippen LogP contribution in [-0.4, -0.2) is 32.5 Å². The molecular weight excluding hydrogens is 280 g/mol. The lowest BCUT2D eigenvalue weighted by molar-refractivity contribution is -0.118. The molecule has 0 saturated carbocycles. The van der Waals surface area contributed by atoms with Crippen LogP contribution in [-0.2, 0) is 9.59 Å². The SMILES string of the molecule is CC(Sc1nnc(SC(C)C(N)=O)s1)C(N)=O. The third-order valence-electron chi connectivity index (χ3n) is 1.74. The van der Waals surface area contributed by atoms with Crippen LogP contribution in [0.5, 0.6) is 0 Å². The van der Waals surface area contributed by atoms with E-state index in [0.29, 0.717) is 8.68 Å². The summed E-state index contributed by atoms with van der Waals surface area (Å²) < 4.78 is 1.30. The molecule has 2 unspecified atom stereocenters. The summed E-state index contributed by atoms with van der Waals surface area (Å²) in [6.45, 7) is 3.40. The van der Waals surface area contributed by atoms with Gasteiger partial charge in [-0.2, -0.15) is 0 Å². The van der Waals surface area contributed by atoms with E-state index in [9.17, 15) is 9.59 Å². The maximum Gasteiger partial charge on any atom is 0.230 e. The van der Waals surface area contributed by atoms with Gasteiger partial charge in [-0.15, -0.1) is 10.2 Å². The van der Waals surface area contributed by atoms with Crippen LogP contribution in [0.4, 0.5) is 0 Å². The predicted octanol–water partition coefficient (Wildman–Crippen LogP) is 0.470. The van der Waals surface area contributed by atoms with Crippen molar-refractivity contribution in [1.82, 2.24) is 10.2 Å². The average molecular weight is 292 g/mol. The Morgan fingerprint density at radius 3 is 1.71 bits per heavy atom. The van der Waals surface area contributed by atoms with Crippen molar-refractivity contribution in [2.24, 2.45) is 11.5 Å². The van der Waals surface area contributed by atoms with Crippen molar-refractivity contribution in [2.75, 3.05) is 0 Å². The van der Waals surface area contributed by atoms with E-state index in [0.717, 1.165) is 0 Å². The molecule has 6 nitrogen and oxygen atoms in total. The average Bonchev–Trinajstić information content (AvgIpc) is 2.65. The number of carbonyl (C=O) groups is 2. The molecule has 1 rings (SSSR count). The van der Waals surface area contributed by atoms with Gasteiger partial charge in [-0.1, -0.05) is 34.9 Å². The quantitative estimate of drug-likeness (QED) is 0.737. The molecule has 4 N–H and O–H groups in total. The summed E-state index contributed by atoms with van der Waals surface area (Å²) in [5, 5.41) is 7.10. The fourth-order valence-electron chi connectivity index (χ4n) is 0.711. The fourth-order valence-corrected chi connectivity index (χ4v) is 3.92. The molecule has 0 saturated heterocycles. The fraction of sp³-hybridized carbons (Fsp3) is 0.500. The zero-order valence-corrected chi connectivity index (χ0v) is 11.7. The minimum atomic E-state index is -0.398. The molecule has 0 aromatic carbocycles. The van der Waals surface area contributed by atoms with Crippen LogP contribution in [0, 0.1) is 0 Å². The summed E-state index contributed by atoms with van der Waals surface area (Å²) >= 11 is 3.81. The van der Waals surface area contributed by atoms with Gasteiger partial charge in [-0.3, -0.25) is 9.59 Å². The second-order valence-corrected chi connectivity index (χ2v) is 7.31. The number of hydrogen-bond donors (Lipinski definition) is 2. The van der Waals surface area contributed by atoms with Crippen molar-refractivity contribution < 1.29 is 9.59 Å². The molecule has 9 heteroatoms. The number of nitrogens with zero attached hydrogens (tertiary/aromatic N) is 2. The maximum absolute atomic E-state index is 10.9. The largest absolute Gasteiger partial charge is 0.369 e. The van der Waals surface area contributed by atoms with Crippen LogP contribution >= 0.6 is 34.9 Å². The Kier molecular flexibility index (Phi) is 5.22. The molecule has 0 aliphatic rings. The molecule has 94 valence electrons. The van der Waals surface area contributed by atoms with Gasteiger partial charge >= 0.3 is 0 Å². The zero-order chi connectivity index (χ0) is 13.0. The van der Waals surface area contributed by atoms with Crippen LogP contribution < -0.4 is 11.5 Å². The number of aromatic nitrogens is 2. The molecule has 0 spiro atoms. The Labute approximate surface area is 111 Å². The summed E-state index contributed by atoms with van der Waals surface area (Å²) in [6.07, 6.45) is 0. The highest BCUT2D eigenvalue weighted by atomic mass is 32.2. The first-order valence-electron chi connectivity index (χ1n) is 4.65. The van der Waals surface area contributed by atoms with Crippen LogP contribution in [0.2, 0.25) is 0 Å². The summed E-state index contributed by atoms with van der Waals surface area (Å²) in [7, 11) is 0.